The summed E-state index contributed by atoms with van der Waals surface area (Å²) >= 11 is 5.71. The van der Waals surface area contributed by atoms with Crippen molar-refractivity contribution >= 4 is 11.6 Å². The number of aryl methyl sites for hydroxylation is 2. The lowest BCUT2D eigenvalue weighted by Crippen LogP contribution is -2.19. The summed E-state index contributed by atoms with van der Waals surface area (Å²) in [6, 6.07) is 9.32. The van der Waals surface area contributed by atoms with E-state index < -0.39 is 0 Å². The normalized spacial score (nSPS) is 10.3. The minimum Gasteiger partial charge on any atom is -0.333 e. The monoisotopic (exact) mass is 233 g/mol. The van der Waals surface area contributed by atoms with E-state index in [1.807, 2.05) is 29.0 Å². The van der Waals surface area contributed by atoms with Crippen LogP contribution in [0.4, 0.5) is 0 Å². The lowest BCUT2D eigenvalue weighted by atomic mass is 10.2. The zero-order chi connectivity index (χ0) is 11.4. The third-order valence-electron chi connectivity index (χ3n) is 2.37. The Bertz CT molecular complexity index is 516. The fraction of sp³-hybridized carbons (Fsp3) is 0.167. The van der Waals surface area contributed by atoms with Crippen LogP contribution < -0.4 is 5.49 Å². The number of nitrogens with one attached hydrogen (secondary N) is 1. The van der Waals surface area contributed by atoms with E-state index >= 15 is 0 Å². The van der Waals surface area contributed by atoms with Gasteiger partial charge in [0.05, 0.1) is 0 Å². The maximum Gasteiger partial charge on any atom is 0.129 e. The van der Waals surface area contributed by atoms with Crippen LogP contribution >= 0.6 is 11.6 Å². The highest BCUT2D eigenvalue weighted by atomic mass is 35.5. The maximum absolute atomic E-state index is 7.70. The highest BCUT2D eigenvalue weighted by Gasteiger charge is 1.96. The summed E-state index contributed by atoms with van der Waals surface area (Å²) in [5.41, 5.74) is 1.64. The minimum atomic E-state index is 0.511. The summed E-state index contributed by atoms with van der Waals surface area (Å²) in [5, 5.41) is 8.21. The quantitative estimate of drug-likeness (QED) is 0.812. The van der Waals surface area contributed by atoms with Crippen LogP contribution in [0, 0.1) is 5.41 Å². The topological polar surface area (TPSA) is 41.7 Å². The van der Waals surface area contributed by atoms with E-state index in [1.54, 1.807) is 18.3 Å². The van der Waals surface area contributed by atoms with E-state index in [-0.39, 0.29) is 0 Å². The van der Waals surface area contributed by atoms with E-state index in [9.17, 15) is 0 Å². The predicted octanol–water partition coefficient (Wildman–Crippen LogP) is 2.26. The molecule has 0 bridgehead atoms. The standard InChI is InChI=1S/C12H12ClN3/c13-11-5-4-10(9-15-11)6-8-16-7-2-1-3-12(16)14/h1-5,7,9,14H,6,8H2. The molecule has 0 saturated heterocycles. The Labute approximate surface area is 98.9 Å². The average Bonchev–Trinajstić information content (AvgIpc) is 2.30. The van der Waals surface area contributed by atoms with Crippen LogP contribution in [0.2, 0.25) is 5.15 Å². The molecule has 2 aromatic heterocycles. The number of nitrogens with zero attached hydrogens (tertiary/aromatic N) is 2. The van der Waals surface area contributed by atoms with Crippen LogP contribution in [0.1, 0.15) is 5.56 Å². The highest BCUT2D eigenvalue weighted by molar-refractivity contribution is 6.29. The molecule has 4 heteroatoms. The Morgan fingerprint density at radius 2 is 2.12 bits per heavy atom. The molecule has 0 amide bonds. The molecule has 1 N–H and O–H groups in total. The van der Waals surface area contributed by atoms with Gasteiger partial charge < -0.3 is 4.57 Å². The van der Waals surface area contributed by atoms with Crippen molar-refractivity contribution in [3.8, 4) is 0 Å². The first kappa shape index (κ1) is 10.9. The highest BCUT2D eigenvalue weighted by Crippen LogP contribution is 2.06. The Balaban J connectivity index is 2.05. The van der Waals surface area contributed by atoms with Crippen molar-refractivity contribution in [1.29, 1.82) is 5.41 Å². The van der Waals surface area contributed by atoms with Crippen LogP contribution in [0.3, 0.4) is 0 Å². The van der Waals surface area contributed by atoms with E-state index in [4.69, 9.17) is 17.0 Å². The van der Waals surface area contributed by atoms with Gasteiger partial charge in [-0.15, -0.1) is 0 Å². The first-order chi connectivity index (χ1) is 7.75. The molecule has 0 aliphatic carbocycles. The lowest BCUT2D eigenvalue weighted by Gasteiger charge is -2.05. The summed E-state index contributed by atoms with van der Waals surface area (Å²) in [6.07, 6.45) is 4.53. The fourth-order valence-corrected chi connectivity index (χ4v) is 1.59. The molecule has 2 heterocycles. The Morgan fingerprint density at radius 3 is 2.81 bits per heavy atom. The number of halogens is 1. The van der Waals surface area contributed by atoms with Gasteiger partial charge in [0.25, 0.3) is 0 Å². The average molecular weight is 234 g/mol. The first-order valence-corrected chi connectivity index (χ1v) is 5.44. The third kappa shape index (κ3) is 2.70. The lowest BCUT2D eigenvalue weighted by molar-refractivity contribution is 0.650. The Kier molecular flexibility index (Phi) is 3.37. The second kappa shape index (κ2) is 4.94. The van der Waals surface area contributed by atoms with Crippen molar-refractivity contribution in [3.63, 3.8) is 0 Å². The first-order valence-electron chi connectivity index (χ1n) is 5.06. The largest absolute Gasteiger partial charge is 0.333 e. The molecule has 2 rings (SSSR count). The molecule has 0 atom stereocenters. The molecular formula is C12H12ClN3. The van der Waals surface area contributed by atoms with E-state index in [1.165, 1.54) is 0 Å². The molecule has 0 aliphatic rings. The van der Waals surface area contributed by atoms with Gasteiger partial charge in [-0.2, -0.15) is 0 Å². The van der Waals surface area contributed by atoms with Crippen molar-refractivity contribution in [2.24, 2.45) is 0 Å². The molecule has 0 aliphatic heterocycles. The van der Waals surface area contributed by atoms with Crippen LogP contribution in [-0.4, -0.2) is 9.55 Å². The molecule has 3 nitrogen and oxygen atoms in total. The van der Waals surface area contributed by atoms with E-state index in [0.717, 1.165) is 18.5 Å². The summed E-state index contributed by atoms with van der Waals surface area (Å²) in [4.78, 5) is 4.02. The summed E-state index contributed by atoms with van der Waals surface area (Å²) in [5.74, 6) is 0. The van der Waals surface area contributed by atoms with Gasteiger partial charge >= 0.3 is 0 Å². The second-order valence-electron chi connectivity index (χ2n) is 3.52. The molecular weight excluding hydrogens is 222 g/mol. The zero-order valence-corrected chi connectivity index (χ0v) is 9.48. The van der Waals surface area contributed by atoms with Gasteiger partial charge in [0.15, 0.2) is 0 Å². The van der Waals surface area contributed by atoms with E-state index in [2.05, 4.69) is 4.98 Å². The Morgan fingerprint density at radius 1 is 1.25 bits per heavy atom. The molecule has 0 spiro atoms. The number of hydrogen-bond acceptors (Lipinski definition) is 2. The van der Waals surface area contributed by atoms with Crippen LogP contribution in [-0.2, 0) is 13.0 Å². The molecule has 82 valence electrons. The van der Waals surface area contributed by atoms with Gasteiger partial charge in [-0.25, -0.2) is 4.98 Å². The molecule has 0 radical (unpaired) electrons. The van der Waals surface area contributed by atoms with Crippen molar-refractivity contribution < 1.29 is 0 Å². The van der Waals surface area contributed by atoms with Crippen LogP contribution in [0.25, 0.3) is 0 Å². The van der Waals surface area contributed by atoms with Gasteiger partial charge in [-0.3, -0.25) is 5.41 Å². The van der Waals surface area contributed by atoms with Gasteiger partial charge in [0.1, 0.15) is 10.6 Å². The predicted molar refractivity (Wildman–Crippen MR) is 63.2 cm³/mol. The molecule has 0 saturated carbocycles. The maximum atomic E-state index is 7.70. The van der Waals surface area contributed by atoms with Gasteiger partial charge in [0.2, 0.25) is 0 Å². The summed E-state index contributed by atoms with van der Waals surface area (Å²) < 4.78 is 1.90. The fourth-order valence-electron chi connectivity index (χ4n) is 1.48. The van der Waals surface area contributed by atoms with Gasteiger partial charge in [-0.1, -0.05) is 23.7 Å². The Hall–Kier alpha value is -1.61. The van der Waals surface area contributed by atoms with Crippen molar-refractivity contribution in [2.75, 3.05) is 0 Å². The zero-order valence-electron chi connectivity index (χ0n) is 8.73. The van der Waals surface area contributed by atoms with Crippen LogP contribution in [0.5, 0.6) is 0 Å². The molecule has 16 heavy (non-hydrogen) atoms. The van der Waals surface area contributed by atoms with Crippen molar-refractivity contribution in [3.05, 3.63) is 58.9 Å². The summed E-state index contributed by atoms with van der Waals surface area (Å²) in [6.45, 7) is 0.781. The number of rotatable bonds is 3. The van der Waals surface area contributed by atoms with Crippen molar-refractivity contribution in [2.45, 2.75) is 13.0 Å². The molecule has 2 aromatic rings. The molecule has 0 unspecified atom stereocenters. The smallest absolute Gasteiger partial charge is 0.129 e. The number of pyridine rings is 2. The number of hydrogen-bond donors (Lipinski definition) is 1. The number of aromatic nitrogens is 2. The van der Waals surface area contributed by atoms with Crippen molar-refractivity contribution in [1.82, 2.24) is 9.55 Å². The van der Waals surface area contributed by atoms with Crippen LogP contribution in [0.15, 0.2) is 42.7 Å². The van der Waals surface area contributed by atoms with Gasteiger partial charge in [-0.05, 0) is 30.2 Å². The van der Waals surface area contributed by atoms with Gasteiger partial charge in [0, 0.05) is 18.9 Å². The van der Waals surface area contributed by atoms with E-state index in [0.29, 0.717) is 10.6 Å². The SMILES string of the molecule is N=c1ccccn1CCc1ccc(Cl)nc1. The minimum absolute atomic E-state index is 0.511. The second-order valence-corrected chi connectivity index (χ2v) is 3.91. The molecule has 0 fully saturated rings. The molecule has 0 aromatic carbocycles. The summed E-state index contributed by atoms with van der Waals surface area (Å²) in [7, 11) is 0. The third-order valence-corrected chi connectivity index (χ3v) is 2.59.